The van der Waals surface area contributed by atoms with Gasteiger partial charge in [-0.15, -0.1) is 0 Å². The maximum absolute atomic E-state index is 13.0. The van der Waals surface area contributed by atoms with Gasteiger partial charge in [0.2, 0.25) is 0 Å². The lowest BCUT2D eigenvalue weighted by Gasteiger charge is -2.20. The van der Waals surface area contributed by atoms with Gasteiger partial charge in [0.05, 0.1) is 34.6 Å². The zero-order valence-corrected chi connectivity index (χ0v) is 21.7. The van der Waals surface area contributed by atoms with Gasteiger partial charge in [0.15, 0.2) is 0 Å². The molecule has 2 atom stereocenters. The number of carbonyl (C=O) groups is 2. The second-order valence-corrected chi connectivity index (χ2v) is 10.3. The van der Waals surface area contributed by atoms with Gasteiger partial charge in [-0.25, -0.2) is 0 Å². The Morgan fingerprint density at radius 1 is 0.789 bits per heavy atom. The molecule has 38 heavy (non-hydrogen) atoms. The molecule has 4 aliphatic rings. The molecule has 2 fully saturated rings. The number of rotatable bonds is 8. The highest BCUT2D eigenvalue weighted by Crippen LogP contribution is 2.32. The number of hydrogen-bond acceptors (Lipinski definition) is 7. The van der Waals surface area contributed by atoms with Gasteiger partial charge in [0.1, 0.15) is 24.7 Å². The van der Waals surface area contributed by atoms with Crippen molar-refractivity contribution in [3.8, 4) is 11.5 Å². The first-order chi connectivity index (χ1) is 18.6. The number of ether oxygens (including phenoxy) is 2. The van der Waals surface area contributed by atoms with Crippen LogP contribution in [0.2, 0.25) is 0 Å². The molecule has 2 amide bonds. The van der Waals surface area contributed by atoms with Crippen LogP contribution in [0.4, 0.5) is 11.4 Å². The number of likely N-dealkylation sites (N-methyl/N-ethyl adjacent to an activating group) is 1. The monoisotopic (exact) mass is 515 g/mol. The summed E-state index contributed by atoms with van der Waals surface area (Å²) in [5.74, 6) is 1.41. The van der Waals surface area contributed by atoms with E-state index in [-0.39, 0.29) is 23.9 Å². The van der Waals surface area contributed by atoms with E-state index >= 15 is 0 Å². The fraction of sp³-hybridized carbons (Fsp3) is 0.448. The molecular formula is C29H33N5O4. The summed E-state index contributed by atoms with van der Waals surface area (Å²) in [6.07, 6.45) is 7.77. The Bertz CT molecular complexity index is 1190. The summed E-state index contributed by atoms with van der Waals surface area (Å²) in [4.78, 5) is 41.0. The molecule has 9 nitrogen and oxygen atoms in total. The van der Waals surface area contributed by atoms with Crippen molar-refractivity contribution in [3.63, 3.8) is 0 Å². The van der Waals surface area contributed by atoms with Crippen LogP contribution in [0.5, 0.6) is 11.5 Å². The molecule has 0 aliphatic carbocycles. The van der Waals surface area contributed by atoms with E-state index in [0.29, 0.717) is 60.3 Å². The minimum atomic E-state index is 0.0336. The number of fused-ring (bicyclic) bond motifs is 4. The van der Waals surface area contributed by atoms with Gasteiger partial charge in [-0.05, 0) is 69.1 Å². The molecule has 198 valence electrons. The van der Waals surface area contributed by atoms with Crippen molar-refractivity contribution in [1.82, 2.24) is 14.7 Å². The van der Waals surface area contributed by atoms with E-state index in [1.807, 2.05) is 65.7 Å². The van der Waals surface area contributed by atoms with Gasteiger partial charge in [-0.1, -0.05) is 0 Å². The molecule has 0 spiro atoms. The van der Waals surface area contributed by atoms with E-state index in [4.69, 9.17) is 9.47 Å². The Kier molecular flexibility index (Phi) is 6.84. The number of carbonyl (C=O) groups excluding carboxylic acids is 2. The van der Waals surface area contributed by atoms with Crippen LogP contribution >= 0.6 is 0 Å². The summed E-state index contributed by atoms with van der Waals surface area (Å²) in [5.41, 5.74) is 2.63. The van der Waals surface area contributed by atoms with Crippen molar-refractivity contribution in [2.75, 3.05) is 46.4 Å². The van der Waals surface area contributed by atoms with Crippen molar-refractivity contribution in [2.24, 2.45) is 9.98 Å². The molecular weight excluding hydrogens is 482 g/mol. The zero-order chi connectivity index (χ0) is 26.1. The Morgan fingerprint density at radius 3 is 1.74 bits per heavy atom. The minimum absolute atomic E-state index is 0.0336. The third-order valence-corrected chi connectivity index (χ3v) is 7.77. The van der Waals surface area contributed by atoms with Crippen LogP contribution < -0.4 is 9.47 Å². The molecule has 0 radical (unpaired) electrons. The standard InChI is InChI=1S/C29H33N5O4/c1-32(12-14-37-22-6-8-26-24(16-22)28(35)33-10-2-4-20(33)18-30-26)13-15-38-23-7-9-27-25(17-23)29(36)34-11-3-5-21(34)19-31-27/h6-9,16-21H,2-5,10-15H2,1H3/t20-,21?/m0/s1. The lowest BCUT2D eigenvalue weighted by atomic mass is 10.1. The predicted octanol–water partition coefficient (Wildman–Crippen LogP) is 3.72. The fourth-order valence-electron chi connectivity index (χ4n) is 5.57. The van der Waals surface area contributed by atoms with Crippen molar-refractivity contribution < 1.29 is 19.1 Å². The first kappa shape index (κ1) is 24.6. The van der Waals surface area contributed by atoms with Crippen LogP contribution in [0.3, 0.4) is 0 Å². The molecule has 6 rings (SSSR count). The van der Waals surface area contributed by atoms with Crippen LogP contribution in [0.25, 0.3) is 0 Å². The van der Waals surface area contributed by atoms with Crippen LogP contribution in [-0.4, -0.2) is 97.5 Å². The van der Waals surface area contributed by atoms with Crippen molar-refractivity contribution in [3.05, 3.63) is 47.5 Å². The number of benzene rings is 2. The van der Waals surface area contributed by atoms with Gasteiger partial charge in [-0.2, -0.15) is 0 Å². The first-order valence-corrected chi connectivity index (χ1v) is 13.5. The Labute approximate surface area is 222 Å². The maximum Gasteiger partial charge on any atom is 0.256 e. The van der Waals surface area contributed by atoms with Gasteiger partial charge < -0.3 is 19.3 Å². The second kappa shape index (κ2) is 10.6. The van der Waals surface area contributed by atoms with E-state index < -0.39 is 0 Å². The summed E-state index contributed by atoms with van der Waals surface area (Å²) in [5, 5.41) is 0. The number of amides is 2. The molecule has 0 bridgehead atoms. The summed E-state index contributed by atoms with van der Waals surface area (Å²) in [7, 11) is 2.01. The van der Waals surface area contributed by atoms with Crippen LogP contribution in [0.1, 0.15) is 46.4 Å². The van der Waals surface area contributed by atoms with E-state index in [2.05, 4.69) is 14.9 Å². The van der Waals surface area contributed by atoms with E-state index in [0.717, 1.165) is 38.8 Å². The van der Waals surface area contributed by atoms with Gasteiger partial charge in [0.25, 0.3) is 11.8 Å². The molecule has 4 heterocycles. The fourth-order valence-corrected chi connectivity index (χ4v) is 5.57. The highest BCUT2D eigenvalue weighted by Gasteiger charge is 2.33. The van der Waals surface area contributed by atoms with Crippen LogP contribution in [-0.2, 0) is 0 Å². The van der Waals surface area contributed by atoms with Crippen molar-refractivity contribution >= 4 is 35.6 Å². The normalized spacial score (nSPS) is 21.6. The molecule has 4 aliphatic heterocycles. The Balaban J connectivity index is 0.982. The summed E-state index contributed by atoms with van der Waals surface area (Å²) < 4.78 is 11.9. The lowest BCUT2D eigenvalue weighted by molar-refractivity contribution is 0.0766. The van der Waals surface area contributed by atoms with Gasteiger partial charge in [0, 0.05) is 38.6 Å². The predicted molar refractivity (Wildman–Crippen MR) is 146 cm³/mol. The van der Waals surface area contributed by atoms with Gasteiger partial charge in [-0.3, -0.25) is 24.5 Å². The lowest BCUT2D eigenvalue weighted by Crippen LogP contribution is -2.35. The molecule has 0 saturated carbocycles. The number of hydrogen-bond donors (Lipinski definition) is 0. The van der Waals surface area contributed by atoms with E-state index in [1.165, 1.54) is 0 Å². The van der Waals surface area contributed by atoms with Crippen LogP contribution in [0, 0.1) is 0 Å². The second-order valence-electron chi connectivity index (χ2n) is 10.3. The maximum atomic E-state index is 13.0. The van der Waals surface area contributed by atoms with Crippen molar-refractivity contribution in [2.45, 2.75) is 37.8 Å². The molecule has 2 aromatic carbocycles. The molecule has 2 saturated heterocycles. The zero-order valence-electron chi connectivity index (χ0n) is 21.7. The van der Waals surface area contributed by atoms with E-state index in [9.17, 15) is 9.59 Å². The summed E-state index contributed by atoms with van der Waals surface area (Å²) in [6.45, 7) is 3.94. The summed E-state index contributed by atoms with van der Waals surface area (Å²) in [6, 6.07) is 11.3. The number of nitrogens with zero attached hydrogens (tertiary/aromatic N) is 5. The molecule has 1 unspecified atom stereocenters. The minimum Gasteiger partial charge on any atom is -0.492 e. The van der Waals surface area contributed by atoms with Crippen LogP contribution in [0.15, 0.2) is 46.4 Å². The molecule has 0 aromatic heterocycles. The third-order valence-electron chi connectivity index (χ3n) is 7.77. The molecule has 9 heteroatoms. The smallest absolute Gasteiger partial charge is 0.256 e. The topological polar surface area (TPSA) is 87.0 Å². The molecule has 2 aromatic rings. The van der Waals surface area contributed by atoms with Crippen molar-refractivity contribution in [1.29, 1.82) is 0 Å². The largest absolute Gasteiger partial charge is 0.492 e. The average Bonchev–Trinajstić information content (AvgIpc) is 3.55. The molecule has 0 N–H and O–H groups in total. The summed E-state index contributed by atoms with van der Waals surface area (Å²) >= 11 is 0. The highest BCUT2D eigenvalue weighted by atomic mass is 16.5. The van der Waals surface area contributed by atoms with E-state index in [1.54, 1.807) is 0 Å². The first-order valence-electron chi connectivity index (χ1n) is 13.5. The quantitative estimate of drug-likeness (QED) is 0.535. The Morgan fingerprint density at radius 2 is 1.26 bits per heavy atom. The average molecular weight is 516 g/mol. The highest BCUT2D eigenvalue weighted by molar-refractivity contribution is 6.03. The Hall–Kier alpha value is -3.72. The van der Waals surface area contributed by atoms with Gasteiger partial charge >= 0.3 is 0 Å². The SMILES string of the molecule is CN(CCOc1ccc2c(c1)C(=O)N1CCCC1C=N2)CCOc1ccc2c(c1)C(=O)N1CCC[C@H]1C=N2. The third kappa shape index (κ3) is 4.90. The number of aliphatic imine (C=N–C) groups is 2.